The summed E-state index contributed by atoms with van der Waals surface area (Å²) in [6, 6.07) is 0. The molecule has 24 heavy (non-hydrogen) atoms. The molecule has 0 saturated heterocycles. The number of hydrogen-bond acceptors (Lipinski definition) is 5. The Hall–Kier alpha value is -2.15. The predicted molar refractivity (Wildman–Crippen MR) is 87.2 cm³/mol. The highest BCUT2D eigenvalue weighted by molar-refractivity contribution is 6.12. The lowest BCUT2D eigenvalue weighted by Gasteiger charge is -2.18. The second-order valence-corrected chi connectivity index (χ2v) is 5.71. The minimum Gasteiger partial charge on any atom is -0.446 e. The van der Waals surface area contributed by atoms with E-state index in [9.17, 15) is 14.4 Å². The molecule has 0 aromatic rings. The summed E-state index contributed by atoms with van der Waals surface area (Å²) in [4.78, 5) is 35.5. The van der Waals surface area contributed by atoms with Crippen molar-refractivity contribution in [2.75, 3.05) is 26.3 Å². The maximum absolute atomic E-state index is 11.7. The summed E-state index contributed by atoms with van der Waals surface area (Å²) in [6.45, 7) is 1.08. The Morgan fingerprint density at radius 2 is 1.88 bits per heavy atom. The Morgan fingerprint density at radius 3 is 2.67 bits per heavy atom. The molecule has 7 nitrogen and oxygen atoms in total. The fourth-order valence-corrected chi connectivity index (χ4v) is 2.57. The molecule has 0 bridgehead atoms. The van der Waals surface area contributed by atoms with Crippen molar-refractivity contribution < 1.29 is 23.9 Å². The van der Waals surface area contributed by atoms with Crippen LogP contribution in [0.25, 0.3) is 0 Å². The maximum atomic E-state index is 11.7. The third kappa shape index (κ3) is 6.16. The number of hydrogen-bond donors (Lipinski definition) is 1. The van der Waals surface area contributed by atoms with Crippen LogP contribution in [0.2, 0.25) is 0 Å². The van der Waals surface area contributed by atoms with Gasteiger partial charge in [0, 0.05) is 18.7 Å². The van der Waals surface area contributed by atoms with Gasteiger partial charge in [0.2, 0.25) is 0 Å². The number of amides is 3. The van der Waals surface area contributed by atoms with Crippen molar-refractivity contribution in [3.63, 3.8) is 0 Å². The van der Waals surface area contributed by atoms with Crippen LogP contribution in [-0.4, -0.2) is 55.2 Å². The molecule has 1 aliphatic carbocycles. The van der Waals surface area contributed by atoms with Gasteiger partial charge in [-0.3, -0.25) is 14.5 Å². The third-order valence-corrected chi connectivity index (χ3v) is 3.87. The first-order valence-corrected chi connectivity index (χ1v) is 8.37. The Bertz CT molecular complexity index is 497. The van der Waals surface area contributed by atoms with Gasteiger partial charge in [0.25, 0.3) is 11.8 Å². The lowest BCUT2D eigenvalue weighted by Crippen LogP contribution is -2.34. The molecule has 0 saturated carbocycles. The number of nitrogens with one attached hydrogen (secondary N) is 1. The van der Waals surface area contributed by atoms with E-state index < -0.39 is 6.09 Å². The average Bonchev–Trinajstić information content (AvgIpc) is 2.84. The molecule has 1 heterocycles. The van der Waals surface area contributed by atoms with Gasteiger partial charge in [0.1, 0.15) is 6.10 Å². The number of rotatable bonds is 7. The van der Waals surface area contributed by atoms with E-state index in [2.05, 4.69) is 17.5 Å². The van der Waals surface area contributed by atoms with Crippen molar-refractivity contribution >= 4 is 17.9 Å². The highest BCUT2D eigenvalue weighted by atomic mass is 16.6. The van der Waals surface area contributed by atoms with Crippen molar-refractivity contribution in [2.45, 2.75) is 38.2 Å². The minimum absolute atomic E-state index is 0.0319. The van der Waals surface area contributed by atoms with E-state index in [-0.39, 0.29) is 31.1 Å². The van der Waals surface area contributed by atoms with E-state index in [4.69, 9.17) is 9.47 Å². The van der Waals surface area contributed by atoms with Crippen molar-refractivity contribution in [2.24, 2.45) is 0 Å². The summed E-state index contributed by atoms with van der Waals surface area (Å²) < 4.78 is 10.7. The zero-order chi connectivity index (χ0) is 17.2. The van der Waals surface area contributed by atoms with Gasteiger partial charge in [-0.1, -0.05) is 12.2 Å². The Labute approximate surface area is 141 Å². The predicted octanol–water partition coefficient (Wildman–Crippen LogP) is 1.54. The number of imide groups is 1. The first kappa shape index (κ1) is 18.2. The summed E-state index contributed by atoms with van der Waals surface area (Å²) in [7, 11) is 0. The Balaban J connectivity index is 1.51. The van der Waals surface area contributed by atoms with E-state index in [1.807, 2.05) is 0 Å². The minimum atomic E-state index is -0.428. The van der Waals surface area contributed by atoms with Crippen LogP contribution in [-0.2, 0) is 19.1 Å². The van der Waals surface area contributed by atoms with Gasteiger partial charge in [-0.25, -0.2) is 4.79 Å². The number of alkyl carbamates (subject to hydrolysis) is 1. The molecule has 2 rings (SSSR count). The van der Waals surface area contributed by atoms with Gasteiger partial charge in [-0.2, -0.15) is 0 Å². The number of carbonyl (C=O) groups excluding carboxylic acids is 3. The number of nitrogens with zero attached hydrogens (tertiary/aromatic N) is 1. The van der Waals surface area contributed by atoms with Crippen LogP contribution in [0.15, 0.2) is 24.3 Å². The monoisotopic (exact) mass is 336 g/mol. The second kappa shape index (κ2) is 9.87. The van der Waals surface area contributed by atoms with Crippen LogP contribution in [0.3, 0.4) is 0 Å². The quantitative estimate of drug-likeness (QED) is 0.433. The topological polar surface area (TPSA) is 84.9 Å². The van der Waals surface area contributed by atoms with E-state index >= 15 is 0 Å². The first-order chi connectivity index (χ1) is 11.7. The smallest absolute Gasteiger partial charge is 0.407 e. The summed E-state index contributed by atoms with van der Waals surface area (Å²) >= 11 is 0. The molecule has 1 atom stereocenters. The number of allylic oxidation sites excluding steroid dienone is 2. The zero-order valence-electron chi connectivity index (χ0n) is 13.7. The lowest BCUT2D eigenvalue weighted by atomic mass is 10.0. The number of carbonyl (C=O) groups is 3. The highest BCUT2D eigenvalue weighted by Gasteiger charge is 2.22. The van der Waals surface area contributed by atoms with Gasteiger partial charge in [0.15, 0.2) is 0 Å². The van der Waals surface area contributed by atoms with Crippen molar-refractivity contribution in [1.82, 2.24) is 10.2 Å². The van der Waals surface area contributed by atoms with E-state index in [0.29, 0.717) is 13.2 Å². The van der Waals surface area contributed by atoms with Gasteiger partial charge in [-0.05, 0) is 32.1 Å². The van der Waals surface area contributed by atoms with E-state index in [1.54, 1.807) is 0 Å². The molecule has 3 amide bonds. The van der Waals surface area contributed by atoms with E-state index in [1.165, 1.54) is 12.2 Å². The van der Waals surface area contributed by atoms with Crippen LogP contribution >= 0.6 is 0 Å². The molecular formula is C17H24N2O5. The molecule has 7 heteroatoms. The van der Waals surface area contributed by atoms with Gasteiger partial charge < -0.3 is 14.8 Å². The van der Waals surface area contributed by atoms with Crippen LogP contribution < -0.4 is 5.32 Å². The van der Waals surface area contributed by atoms with Crippen molar-refractivity contribution in [1.29, 1.82) is 0 Å². The Kier molecular flexibility index (Phi) is 7.48. The lowest BCUT2D eigenvalue weighted by molar-refractivity contribution is -0.137. The molecule has 0 aromatic carbocycles. The van der Waals surface area contributed by atoms with Gasteiger partial charge in [0.05, 0.1) is 19.8 Å². The first-order valence-electron chi connectivity index (χ1n) is 8.37. The maximum Gasteiger partial charge on any atom is 0.407 e. The molecule has 1 unspecified atom stereocenters. The molecule has 0 fully saturated rings. The fraction of sp³-hybridized carbons (Fsp3) is 0.588. The molecule has 0 radical (unpaired) electrons. The van der Waals surface area contributed by atoms with Crippen LogP contribution in [0.1, 0.15) is 32.1 Å². The molecule has 1 aliphatic heterocycles. The Morgan fingerprint density at radius 1 is 1.12 bits per heavy atom. The van der Waals surface area contributed by atoms with Crippen molar-refractivity contribution in [3.05, 3.63) is 24.3 Å². The molecule has 0 aromatic heterocycles. The number of ether oxygens (including phenoxy) is 2. The summed E-state index contributed by atoms with van der Waals surface area (Å²) in [6.07, 6.45) is 11.1. The van der Waals surface area contributed by atoms with Crippen LogP contribution in [0, 0.1) is 0 Å². The summed E-state index contributed by atoms with van der Waals surface area (Å²) in [5.41, 5.74) is 0. The molecule has 1 N–H and O–H groups in total. The van der Waals surface area contributed by atoms with Gasteiger partial charge >= 0.3 is 6.09 Å². The standard InChI is InChI=1S/C17H24N2O5/c20-15-8-9-16(21)19(15)11-13-23-12-10-18-17(22)24-14-6-4-2-1-3-5-7-14/h1-2,8-9,14H,3-7,10-13H2,(H,18,22)/b2-1+. The highest BCUT2D eigenvalue weighted by Crippen LogP contribution is 2.15. The van der Waals surface area contributed by atoms with Crippen LogP contribution in [0.5, 0.6) is 0 Å². The molecule has 0 spiro atoms. The summed E-state index contributed by atoms with van der Waals surface area (Å²) in [5.74, 6) is -0.640. The fourth-order valence-electron chi connectivity index (χ4n) is 2.57. The van der Waals surface area contributed by atoms with Crippen molar-refractivity contribution in [3.8, 4) is 0 Å². The molecule has 132 valence electrons. The van der Waals surface area contributed by atoms with E-state index in [0.717, 1.165) is 37.0 Å². The zero-order valence-corrected chi connectivity index (χ0v) is 13.7. The molecule has 2 aliphatic rings. The summed E-state index contributed by atoms with van der Waals surface area (Å²) in [5, 5.41) is 2.65. The van der Waals surface area contributed by atoms with Crippen LogP contribution in [0.4, 0.5) is 4.79 Å². The average molecular weight is 336 g/mol. The third-order valence-electron chi connectivity index (χ3n) is 3.87. The molecular weight excluding hydrogens is 312 g/mol. The second-order valence-electron chi connectivity index (χ2n) is 5.71. The van der Waals surface area contributed by atoms with Gasteiger partial charge in [-0.15, -0.1) is 0 Å². The normalized spacial score (nSPS) is 22.2. The largest absolute Gasteiger partial charge is 0.446 e. The SMILES string of the molecule is O=C(NCCOCCN1C(=O)C=CC1=O)OC1CC/C=C/CCC1.